The maximum Gasteiger partial charge on any atom is 0.154 e. The molecule has 0 aliphatic rings. The smallest absolute Gasteiger partial charge is 0.154 e. The Labute approximate surface area is 74.0 Å². The Bertz CT molecular complexity index is 286. The van der Waals surface area contributed by atoms with Crippen LogP contribution in [0.4, 0.5) is 5.69 Å². The summed E-state index contributed by atoms with van der Waals surface area (Å²) in [6, 6.07) is 4.08. The van der Waals surface area contributed by atoms with E-state index in [9.17, 15) is 0 Å². The molecule has 0 unspecified atom stereocenters. The van der Waals surface area contributed by atoms with Crippen LogP contribution in [-0.4, -0.2) is 14.4 Å². The van der Waals surface area contributed by atoms with Gasteiger partial charge in [0.15, 0.2) is 7.28 Å². The van der Waals surface area contributed by atoms with Crippen LogP contribution in [0.25, 0.3) is 0 Å². The van der Waals surface area contributed by atoms with Gasteiger partial charge in [0, 0.05) is 0 Å². The Morgan fingerprint density at radius 3 is 2.58 bits per heavy atom. The molecule has 0 bridgehead atoms. The summed E-state index contributed by atoms with van der Waals surface area (Å²) >= 11 is 0. The van der Waals surface area contributed by atoms with Crippen LogP contribution in [-0.2, 0) is 0 Å². The molecule has 1 aromatic rings. The number of nitrogen functional groups attached to an aromatic ring is 1. The van der Waals surface area contributed by atoms with E-state index < -0.39 is 0 Å². The molecule has 0 atom stereocenters. The zero-order valence-electron chi connectivity index (χ0n) is 7.85. The first kappa shape index (κ1) is 8.98. The number of benzene rings is 1. The van der Waals surface area contributed by atoms with Crippen molar-refractivity contribution in [2.45, 2.75) is 13.7 Å². The molecule has 0 aliphatic heterocycles. The second-order valence-electron chi connectivity index (χ2n) is 2.88. The molecule has 0 saturated heterocycles. The predicted octanol–water partition coefficient (Wildman–Crippen LogP) is 0.696. The lowest BCUT2D eigenvalue weighted by Gasteiger charge is -2.09. The molecule has 0 heterocycles. The fourth-order valence-corrected chi connectivity index (χ4v) is 1.21. The molecule has 0 fully saturated rings. The van der Waals surface area contributed by atoms with Gasteiger partial charge in [0.1, 0.15) is 5.75 Å². The number of hydrogen-bond acceptors (Lipinski definition) is 2. The van der Waals surface area contributed by atoms with Crippen LogP contribution in [0.1, 0.15) is 5.56 Å². The molecule has 0 amide bonds. The van der Waals surface area contributed by atoms with E-state index in [1.165, 1.54) is 5.46 Å². The van der Waals surface area contributed by atoms with Crippen molar-refractivity contribution in [3.05, 3.63) is 17.7 Å². The topological polar surface area (TPSA) is 35.2 Å². The van der Waals surface area contributed by atoms with Gasteiger partial charge in [-0.3, -0.25) is 0 Å². The maximum absolute atomic E-state index is 5.79. The highest BCUT2D eigenvalue weighted by atomic mass is 16.5. The van der Waals surface area contributed by atoms with Gasteiger partial charge in [0.05, 0.1) is 12.8 Å². The van der Waals surface area contributed by atoms with Gasteiger partial charge < -0.3 is 10.5 Å². The molecule has 0 spiro atoms. The summed E-state index contributed by atoms with van der Waals surface area (Å²) < 4.78 is 5.14. The van der Waals surface area contributed by atoms with E-state index in [4.69, 9.17) is 10.5 Å². The molecule has 1 aromatic carbocycles. The number of hydrogen-bond donors (Lipinski definition) is 1. The Kier molecular flexibility index (Phi) is 2.63. The van der Waals surface area contributed by atoms with Crippen LogP contribution >= 0.6 is 0 Å². The molecule has 64 valence electrons. The summed E-state index contributed by atoms with van der Waals surface area (Å²) in [4.78, 5) is 0. The van der Waals surface area contributed by atoms with Crippen molar-refractivity contribution < 1.29 is 4.74 Å². The molecule has 0 aromatic heterocycles. The average molecular weight is 163 g/mol. The normalized spacial score (nSPS) is 9.58. The third kappa shape index (κ3) is 1.55. The second-order valence-corrected chi connectivity index (χ2v) is 2.88. The lowest BCUT2D eigenvalue weighted by Crippen LogP contribution is -2.12. The largest absolute Gasteiger partial charge is 0.495 e. The maximum atomic E-state index is 5.79. The Morgan fingerprint density at radius 2 is 2.08 bits per heavy atom. The van der Waals surface area contributed by atoms with Gasteiger partial charge in [-0.15, -0.1) is 0 Å². The highest BCUT2D eigenvalue weighted by Crippen LogP contribution is 2.22. The van der Waals surface area contributed by atoms with Crippen molar-refractivity contribution in [2.24, 2.45) is 0 Å². The zero-order chi connectivity index (χ0) is 9.14. The fourth-order valence-electron chi connectivity index (χ4n) is 1.21. The highest BCUT2D eigenvalue weighted by molar-refractivity contribution is 6.52. The van der Waals surface area contributed by atoms with E-state index in [0.717, 1.165) is 24.3 Å². The first-order valence-corrected chi connectivity index (χ1v) is 4.12. The van der Waals surface area contributed by atoms with Gasteiger partial charge in [-0.05, 0) is 18.6 Å². The molecule has 2 N–H and O–H groups in total. The second kappa shape index (κ2) is 3.52. The van der Waals surface area contributed by atoms with Crippen molar-refractivity contribution in [2.75, 3.05) is 12.8 Å². The van der Waals surface area contributed by atoms with Crippen LogP contribution in [0.15, 0.2) is 12.1 Å². The van der Waals surface area contributed by atoms with E-state index in [1.54, 1.807) is 7.11 Å². The third-order valence-electron chi connectivity index (χ3n) is 2.04. The minimum absolute atomic E-state index is 0.745. The first-order chi connectivity index (χ1) is 5.69. The first-order valence-electron chi connectivity index (χ1n) is 4.12. The number of anilines is 1. The molecular weight excluding hydrogens is 149 g/mol. The number of rotatable bonds is 2. The number of aryl methyl sites for hydroxylation is 1. The van der Waals surface area contributed by atoms with E-state index in [0.29, 0.717) is 0 Å². The van der Waals surface area contributed by atoms with Crippen LogP contribution < -0.4 is 15.9 Å². The molecule has 1 rings (SSSR count). The van der Waals surface area contributed by atoms with Gasteiger partial charge in [-0.2, -0.15) is 0 Å². The lowest BCUT2D eigenvalue weighted by atomic mass is 9.73. The van der Waals surface area contributed by atoms with Crippen LogP contribution in [0.5, 0.6) is 5.75 Å². The minimum atomic E-state index is 0.745. The minimum Gasteiger partial charge on any atom is -0.495 e. The number of ether oxygens (including phenoxy) is 1. The lowest BCUT2D eigenvalue weighted by molar-refractivity contribution is 0.417. The monoisotopic (exact) mass is 163 g/mol. The van der Waals surface area contributed by atoms with Crippen LogP contribution in [0, 0.1) is 6.92 Å². The number of methoxy groups -OCH3 is 1. The molecule has 12 heavy (non-hydrogen) atoms. The van der Waals surface area contributed by atoms with Crippen LogP contribution in [0.3, 0.4) is 0 Å². The van der Waals surface area contributed by atoms with E-state index in [1.807, 2.05) is 13.0 Å². The summed E-state index contributed by atoms with van der Waals surface area (Å²) in [5.41, 5.74) is 8.89. The van der Waals surface area contributed by atoms with Crippen LogP contribution in [0.2, 0.25) is 6.82 Å². The van der Waals surface area contributed by atoms with E-state index >= 15 is 0 Å². The van der Waals surface area contributed by atoms with Crippen molar-refractivity contribution >= 4 is 18.4 Å². The molecular formula is C9H14BNO. The van der Waals surface area contributed by atoms with Crippen molar-refractivity contribution in [1.29, 1.82) is 0 Å². The Hall–Kier alpha value is -1.12. The summed E-state index contributed by atoms with van der Waals surface area (Å²) in [6.45, 7) is 4.11. The van der Waals surface area contributed by atoms with Gasteiger partial charge in [-0.1, -0.05) is 18.4 Å². The molecule has 3 heteroatoms. The predicted molar refractivity (Wildman–Crippen MR) is 54.8 cm³/mol. The quantitative estimate of drug-likeness (QED) is 0.514. The van der Waals surface area contributed by atoms with Gasteiger partial charge >= 0.3 is 0 Å². The van der Waals surface area contributed by atoms with Crippen molar-refractivity contribution in [3.8, 4) is 5.75 Å². The van der Waals surface area contributed by atoms with Gasteiger partial charge in [-0.25, -0.2) is 0 Å². The zero-order valence-corrected chi connectivity index (χ0v) is 7.85. The Balaban J connectivity index is 3.19. The summed E-state index contributed by atoms with van der Waals surface area (Å²) in [6.07, 6.45) is 0. The molecule has 0 radical (unpaired) electrons. The SMILES string of the molecule is CBc1cc(C)c(N)c(OC)c1. The van der Waals surface area contributed by atoms with Crippen molar-refractivity contribution in [3.63, 3.8) is 0 Å². The van der Waals surface area contributed by atoms with E-state index in [-0.39, 0.29) is 0 Å². The van der Waals surface area contributed by atoms with Gasteiger partial charge in [0.25, 0.3) is 0 Å². The molecule has 2 nitrogen and oxygen atoms in total. The third-order valence-corrected chi connectivity index (χ3v) is 2.04. The molecule has 0 saturated carbocycles. The Morgan fingerprint density at radius 1 is 1.42 bits per heavy atom. The fraction of sp³-hybridized carbons (Fsp3) is 0.333. The van der Waals surface area contributed by atoms with E-state index in [2.05, 4.69) is 12.9 Å². The summed E-state index contributed by atoms with van der Waals surface area (Å²) in [5, 5.41) is 0. The summed E-state index contributed by atoms with van der Waals surface area (Å²) in [5.74, 6) is 0.784. The standard InChI is InChI=1S/C9H14BNO/c1-6-4-7(10-2)5-8(12-3)9(6)11/h4-5,10H,11H2,1-3H3. The van der Waals surface area contributed by atoms with Gasteiger partial charge in [0.2, 0.25) is 0 Å². The number of nitrogens with two attached hydrogens (primary N) is 1. The summed E-state index contributed by atoms with van der Waals surface area (Å²) in [7, 11) is 2.65. The highest BCUT2D eigenvalue weighted by Gasteiger charge is 2.03. The average Bonchev–Trinajstić information content (AvgIpc) is 2.09. The van der Waals surface area contributed by atoms with Crippen molar-refractivity contribution in [1.82, 2.24) is 0 Å². The molecule has 0 aliphatic carbocycles.